The molecule has 0 bridgehead atoms. The van der Waals surface area contributed by atoms with Gasteiger partial charge in [0, 0.05) is 13.1 Å². The van der Waals surface area contributed by atoms with Gasteiger partial charge in [-0.15, -0.1) is 0 Å². The molecule has 2 atom stereocenters. The molecule has 1 amide bonds. The maximum absolute atomic E-state index is 12.4. The third-order valence-electron chi connectivity index (χ3n) is 3.55. The van der Waals surface area contributed by atoms with Gasteiger partial charge in [0.2, 0.25) is 0 Å². The van der Waals surface area contributed by atoms with Crippen molar-refractivity contribution < 1.29 is 28.2 Å². The van der Waals surface area contributed by atoms with Gasteiger partial charge < -0.3 is 14.7 Å². The summed E-state index contributed by atoms with van der Waals surface area (Å²) in [5.74, 6) is -2.49. The van der Waals surface area contributed by atoms with Crippen LogP contribution in [0.25, 0.3) is 0 Å². The summed E-state index contributed by atoms with van der Waals surface area (Å²) in [5.41, 5.74) is 0.0102. The van der Waals surface area contributed by atoms with Crippen LogP contribution >= 0.6 is 0 Å². The number of aliphatic carboxylic acids is 1. The fourth-order valence-electron chi connectivity index (χ4n) is 2.47. The Balaban J connectivity index is 2.20. The molecule has 0 saturated carbocycles. The number of ether oxygens (including phenoxy) is 1. The normalized spacial score (nSPS) is 21.6. The van der Waals surface area contributed by atoms with Crippen molar-refractivity contribution in [3.63, 3.8) is 0 Å². The number of alkyl halides is 2. The number of amides is 1. The predicted octanol–water partition coefficient (Wildman–Crippen LogP) is 2.08. The monoisotopic (exact) mass is 299 g/mol. The molecule has 114 valence electrons. The van der Waals surface area contributed by atoms with E-state index in [1.54, 1.807) is 13.0 Å². The average molecular weight is 299 g/mol. The molecule has 21 heavy (non-hydrogen) atoms. The minimum atomic E-state index is -3.02. The zero-order valence-electron chi connectivity index (χ0n) is 11.3. The van der Waals surface area contributed by atoms with Crippen LogP contribution in [0.5, 0.6) is 5.75 Å². The zero-order valence-corrected chi connectivity index (χ0v) is 11.3. The number of hydrogen-bond acceptors (Lipinski definition) is 3. The highest BCUT2D eigenvalue weighted by Crippen LogP contribution is 2.28. The maximum Gasteiger partial charge on any atom is 0.387 e. The Morgan fingerprint density at radius 3 is 2.57 bits per heavy atom. The summed E-state index contributed by atoms with van der Waals surface area (Å²) in [6.45, 7) is -0.937. The Hall–Kier alpha value is -2.18. The number of para-hydroxylation sites is 1. The van der Waals surface area contributed by atoms with Gasteiger partial charge in [0.05, 0.1) is 11.5 Å². The number of rotatable bonds is 4. The van der Waals surface area contributed by atoms with Gasteiger partial charge in [0.1, 0.15) is 5.75 Å². The first-order chi connectivity index (χ1) is 9.90. The predicted molar refractivity (Wildman–Crippen MR) is 69.3 cm³/mol. The Morgan fingerprint density at radius 1 is 1.33 bits per heavy atom. The first-order valence-corrected chi connectivity index (χ1v) is 6.46. The summed E-state index contributed by atoms with van der Waals surface area (Å²) in [6, 6.07) is 5.70. The Kier molecular flexibility index (Phi) is 4.40. The molecule has 0 radical (unpaired) electrons. The maximum atomic E-state index is 12.4. The first kappa shape index (κ1) is 15.2. The summed E-state index contributed by atoms with van der Waals surface area (Å²) >= 11 is 0. The third-order valence-corrected chi connectivity index (χ3v) is 3.55. The molecule has 5 nitrogen and oxygen atoms in total. The van der Waals surface area contributed by atoms with Crippen LogP contribution < -0.4 is 4.74 Å². The van der Waals surface area contributed by atoms with E-state index in [9.17, 15) is 18.4 Å². The summed E-state index contributed by atoms with van der Waals surface area (Å²) in [7, 11) is 0. The van der Waals surface area contributed by atoms with E-state index in [1.165, 1.54) is 23.1 Å². The van der Waals surface area contributed by atoms with E-state index in [4.69, 9.17) is 5.11 Å². The van der Waals surface area contributed by atoms with Gasteiger partial charge >= 0.3 is 12.6 Å². The van der Waals surface area contributed by atoms with Crippen LogP contribution in [-0.2, 0) is 4.79 Å². The fraction of sp³-hybridized carbons (Fsp3) is 0.429. The van der Waals surface area contributed by atoms with E-state index in [2.05, 4.69) is 4.74 Å². The molecular formula is C14H15F2NO4. The first-order valence-electron chi connectivity index (χ1n) is 6.46. The van der Waals surface area contributed by atoms with Crippen molar-refractivity contribution in [1.29, 1.82) is 0 Å². The number of likely N-dealkylation sites (tertiary alicyclic amines) is 1. The minimum absolute atomic E-state index is 0.0102. The van der Waals surface area contributed by atoms with Crippen LogP contribution in [0.3, 0.4) is 0 Å². The molecule has 0 aromatic heterocycles. The smallest absolute Gasteiger partial charge is 0.387 e. The molecule has 1 saturated heterocycles. The summed E-state index contributed by atoms with van der Waals surface area (Å²) < 4.78 is 29.0. The van der Waals surface area contributed by atoms with Gasteiger partial charge in [0.25, 0.3) is 5.91 Å². The van der Waals surface area contributed by atoms with Gasteiger partial charge in [-0.1, -0.05) is 19.1 Å². The molecular weight excluding hydrogens is 284 g/mol. The third kappa shape index (κ3) is 3.29. The molecule has 2 rings (SSSR count). The van der Waals surface area contributed by atoms with Crippen LogP contribution in [0.15, 0.2) is 24.3 Å². The molecule has 0 spiro atoms. The average Bonchev–Trinajstić information content (AvgIpc) is 2.80. The minimum Gasteiger partial charge on any atom is -0.481 e. The highest BCUT2D eigenvalue weighted by molar-refractivity contribution is 5.97. The molecule has 2 unspecified atom stereocenters. The number of carbonyl (C=O) groups excluding carboxylic acids is 1. The second-order valence-corrected chi connectivity index (χ2v) is 5.01. The lowest BCUT2D eigenvalue weighted by atomic mass is 9.99. The summed E-state index contributed by atoms with van der Waals surface area (Å²) in [4.78, 5) is 24.8. The van der Waals surface area contributed by atoms with Crippen LogP contribution in [0.2, 0.25) is 0 Å². The van der Waals surface area contributed by atoms with Gasteiger partial charge in [-0.2, -0.15) is 8.78 Å². The number of benzene rings is 1. The van der Waals surface area contributed by atoms with Crippen molar-refractivity contribution in [2.24, 2.45) is 11.8 Å². The molecule has 1 aliphatic heterocycles. The molecule has 1 N–H and O–H groups in total. The molecule has 1 fully saturated rings. The Labute approximate surface area is 120 Å². The summed E-state index contributed by atoms with van der Waals surface area (Å²) in [5, 5.41) is 9.07. The highest BCUT2D eigenvalue weighted by atomic mass is 19.3. The van der Waals surface area contributed by atoms with E-state index in [1.807, 2.05) is 0 Å². The van der Waals surface area contributed by atoms with Crippen molar-refractivity contribution >= 4 is 11.9 Å². The largest absolute Gasteiger partial charge is 0.481 e. The van der Waals surface area contributed by atoms with Gasteiger partial charge in [-0.3, -0.25) is 9.59 Å². The Bertz CT molecular complexity index is 550. The molecule has 1 aliphatic rings. The number of halogens is 2. The fourth-order valence-corrected chi connectivity index (χ4v) is 2.47. The number of carboxylic acids is 1. The second-order valence-electron chi connectivity index (χ2n) is 5.01. The standard InChI is InChI=1S/C14H15F2NO4/c1-8-6-17(7-10(8)13(19)20)12(18)9-4-2-3-5-11(9)21-14(15)16/h2-5,8,10,14H,6-7H2,1H3,(H,19,20). The van der Waals surface area contributed by atoms with Crippen molar-refractivity contribution in [1.82, 2.24) is 4.90 Å². The lowest BCUT2D eigenvalue weighted by molar-refractivity contribution is -0.142. The van der Waals surface area contributed by atoms with Crippen molar-refractivity contribution in [2.75, 3.05) is 13.1 Å². The molecule has 1 aromatic rings. The second kappa shape index (κ2) is 6.07. The SMILES string of the molecule is CC1CN(C(=O)c2ccccc2OC(F)F)CC1C(=O)O. The zero-order chi connectivity index (χ0) is 15.6. The summed E-state index contributed by atoms with van der Waals surface area (Å²) in [6.07, 6.45) is 0. The van der Waals surface area contributed by atoms with E-state index in [0.717, 1.165) is 0 Å². The Morgan fingerprint density at radius 2 is 2.00 bits per heavy atom. The molecule has 7 heteroatoms. The number of hydrogen-bond donors (Lipinski definition) is 1. The molecule has 1 aromatic carbocycles. The van der Waals surface area contributed by atoms with Gasteiger partial charge in [-0.25, -0.2) is 0 Å². The lowest BCUT2D eigenvalue weighted by Crippen LogP contribution is -2.30. The number of carboxylic acid groups (broad SMARTS) is 1. The van der Waals surface area contributed by atoms with E-state index >= 15 is 0 Å². The van der Waals surface area contributed by atoms with Crippen molar-refractivity contribution in [2.45, 2.75) is 13.5 Å². The molecule has 1 heterocycles. The van der Waals surface area contributed by atoms with Gasteiger partial charge in [-0.05, 0) is 18.1 Å². The van der Waals surface area contributed by atoms with E-state index < -0.39 is 24.4 Å². The van der Waals surface area contributed by atoms with Crippen LogP contribution in [0, 0.1) is 11.8 Å². The number of carbonyl (C=O) groups is 2. The highest BCUT2D eigenvalue weighted by Gasteiger charge is 2.37. The van der Waals surface area contributed by atoms with Crippen LogP contribution in [-0.4, -0.2) is 41.6 Å². The topological polar surface area (TPSA) is 66.8 Å². The quantitative estimate of drug-likeness (QED) is 0.924. The van der Waals surface area contributed by atoms with E-state index in [0.29, 0.717) is 0 Å². The number of nitrogens with zero attached hydrogens (tertiary/aromatic N) is 1. The van der Waals surface area contributed by atoms with Crippen LogP contribution in [0.1, 0.15) is 17.3 Å². The van der Waals surface area contributed by atoms with Crippen LogP contribution in [0.4, 0.5) is 8.78 Å². The van der Waals surface area contributed by atoms with Crippen molar-refractivity contribution in [3.05, 3.63) is 29.8 Å². The van der Waals surface area contributed by atoms with E-state index in [-0.39, 0.29) is 30.3 Å². The van der Waals surface area contributed by atoms with Crippen molar-refractivity contribution in [3.8, 4) is 5.75 Å². The van der Waals surface area contributed by atoms with Gasteiger partial charge in [0.15, 0.2) is 0 Å². The lowest BCUT2D eigenvalue weighted by Gasteiger charge is -2.18. The molecule has 0 aliphatic carbocycles.